The lowest BCUT2D eigenvalue weighted by molar-refractivity contribution is 0.398. The van der Waals surface area contributed by atoms with Crippen LogP contribution in [0.1, 0.15) is 68.6 Å². The molecule has 0 N–H and O–H groups in total. The normalized spacial score (nSPS) is 16.3. The van der Waals surface area contributed by atoms with Gasteiger partial charge in [-0.15, -0.1) is 0 Å². The highest BCUT2D eigenvalue weighted by atomic mass is 32.2. The molecule has 1 aliphatic rings. The minimum absolute atomic E-state index is 0.0849. The van der Waals surface area contributed by atoms with Gasteiger partial charge >= 0.3 is 0 Å². The molecule has 34 heavy (non-hydrogen) atoms. The second-order valence-electron chi connectivity index (χ2n) is 9.23. The molecule has 0 unspecified atom stereocenters. The van der Waals surface area contributed by atoms with Crippen molar-refractivity contribution >= 4 is 21.3 Å². The zero-order valence-corrected chi connectivity index (χ0v) is 21.1. The fourth-order valence-electron chi connectivity index (χ4n) is 4.87. The van der Waals surface area contributed by atoms with Crippen LogP contribution in [0.2, 0.25) is 0 Å². The van der Waals surface area contributed by atoms with E-state index in [9.17, 15) is 8.42 Å². The lowest BCUT2D eigenvalue weighted by Crippen LogP contribution is -2.35. The quantitative estimate of drug-likeness (QED) is 0.283. The molecule has 178 valence electrons. The van der Waals surface area contributed by atoms with Crippen molar-refractivity contribution in [1.29, 1.82) is 0 Å². The van der Waals surface area contributed by atoms with Crippen LogP contribution < -0.4 is 0 Å². The third-order valence-corrected chi connectivity index (χ3v) is 8.53. The molecule has 0 spiro atoms. The van der Waals surface area contributed by atoms with Crippen LogP contribution in [0, 0.1) is 6.92 Å². The molecule has 1 aliphatic heterocycles. The second-order valence-corrected chi connectivity index (χ2v) is 11.0. The lowest BCUT2D eigenvalue weighted by Gasteiger charge is -2.29. The largest absolute Gasteiger partial charge is 0.264 e. The summed E-state index contributed by atoms with van der Waals surface area (Å²) in [6, 6.07) is 27.4. The van der Waals surface area contributed by atoms with Gasteiger partial charge in [0, 0.05) is 6.04 Å². The summed E-state index contributed by atoms with van der Waals surface area (Å²) in [4.78, 5) is 0.358. The molecule has 0 saturated heterocycles. The van der Waals surface area contributed by atoms with Crippen LogP contribution in [0.4, 0.5) is 0 Å². The number of sulfonamides is 1. The summed E-state index contributed by atoms with van der Waals surface area (Å²) in [5.41, 5.74) is 5.04. The highest BCUT2D eigenvalue weighted by molar-refractivity contribution is 7.89. The van der Waals surface area contributed by atoms with E-state index in [1.165, 1.54) is 19.3 Å². The van der Waals surface area contributed by atoms with Gasteiger partial charge in [0.05, 0.1) is 10.6 Å². The first-order chi connectivity index (χ1) is 16.5. The molecule has 3 aromatic carbocycles. The fourth-order valence-corrected chi connectivity index (χ4v) is 6.60. The molecule has 3 nitrogen and oxygen atoms in total. The number of aryl methyl sites for hydroxylation is 1. The zero-order valence-electron chi connectivity index (χ0n) is 20.3. The number of rotatable bonds is 10. The first-order valence-electron chi connectivity index (χ1n) is 12.5. The van der Waals surface area contributed by atoms with E-state index in [1.54, 1.807) is 16.4 Å². The van der Waals surface area contributed by atoms with Gasteiger partial charge in [-0.05, 0) is 48.6 Å². The van der Waals surface area contributed by atoms with Crippen molar-refractivity contribution in [1.82, 2.24) is 4.31 Å². The van der Waals surface area contributed by atoms with Crippen LogP contribution in [0.15, 0.2) is 89.8 Å². The molecular weight excluding hydrogens is 438 g/mol. The van der Waals surface area contributed by atoms with Crippen molar-refractivity contribution < 1.29 is 8.42 Å². The molecule has 0 bridgehead atoms. The molecule has 0 radical (unpaired) electrons. The highest BCUT2D eigenvalue weighted by Gasteiger charge is 2.40. The third-order valence-electron chi connectivity index (χ3n) is 6.67. The predicted octanol–water partition coefficient (Wildman–Crippen LogP) is 7.69. The topological polar surface area (TPSA) is 37.4 Å². The Hall–Kier alpha value is -2.85. The molecule has 4 heteroatoms. The van der Waals surface area contributed by atoms with Crippen LogP contribution in [0.25, 0.3) is 11.3 Å². The van der Waals surface area contributed by atoms with Crippen LogP contribution >= 0.6 is 0 Å². The Kier molecular flexibility index (Phi) is 7.89. The molecule has 1 atom stereocenters. The minimum Gasteiger partial charge on any atom is -0.262 e. The summed E-state index contributed by atoms with van der Waals surface area (Å²) in [5.74, 6) is 0. The minimum atomic E-state index is -3.71. The standard InChI is InChI=1S/C30H35NO2S/c1-3-4-5-6-13-18-27-23-29(25-14-9-7-10-15-25)30(26-16-11-8-12-17-26)31(27)34(32,33)28-21-19-24(2)20-22-28/h7-12,14-17,19-22,27H,3-6,13,18,23H2,1-2H3/t27-/m0/s1. The Morgan fingerprint density at radius 1 is 0.765 bits per heavy atom. The van der Waals surface area contributed by atoms with E-state index in [-0.39, 0.29) is 6.04 Å². The van der Waals surface area contributed by atoms with Crippen LogP contribution in [-0.2, 0) is 10.0 Å². The van der Waals surface area contributed by atoms with Gasteiger partial charge in [0.15, 0.2) is 0 Å². The van der Waals surface area contributed by atoms with Crippen molar-refractivity contribution in [2.75, 3.05) is 0 Å². The number of hydrogen-bond acceptors (Lipinski definition) is 2. The maximum atomic E-state index is 14.1. The van der Waals surface area contributed by atoms with Crippen molar-refractivity contribution in [3.8, 4) is 0 Å². The number of hydrogen-bond donors (Lipinski definition) is 0. The van der Waals surface area contributed by atoms with Crippen LogP contribution in [-0.4, -0.2) is 18.8 Å². The summed E-state index contributed by atoms with van der Waals surface area (Å²) in [5, 5.41) is 0. The number of unbranched alkanes of at least 4 members (excludes halogenated alkanes) is 4. The third kappa shape index (κ3) is 5.28. The predicted molar refractivity (Wildman–Crippen MR) is 142 cm³/mol. The molecule has 0 amide bonds. The highest BCUT2D eigenvalue weighted by Crippen LogP contribution is 2.45. The van der Waals surface area contributed by atoms with Crippen molar-refractivity contribution in [2.45, 2.75) is 69.7 Å². The molecule has 4 rings (SSSR count). The van der Waals surface area contributed by atoms with Gasteiger partial charge in [0.2, 0.25) is 0 Å². The second kappa shape index (κ2) is 11.1. The van der Waals surface area contributed by atoms with Gasteiger partial charge in [-0.1, -0.05) is 117 Å². The van der Waals surface area contributed by atoms with E-state index in [2.05, 4.69) is 19.1 Å². The Morgan fingerprint density at radius 3 is 1.97 bits per heavy atom. The van der Waals surface area contributed by atoms with E-state index in [4.69, 9.17) is 0 Å². The van der Waals surface area contributed by atoms with Crippen molar-refractivity contribution in [2.24, 2.45) is 0 Å². The first kappa shape index (κ1) is 24.3. The number of benzene rings is 3. The molecular formula is C30H35NO2S. The van der Waals surface area contributed by atoms with Crippen molar-refractivity contribution in [3.63, 3.8) is 0 Å². The van der Waals surface area contributed by atoms with E-state index >= 15 is 0 Å². The summed E-state index contributed by atoms with van der Waals surface area (Å²) < 4.78 is 30.0. The van der Waals surface area contributed by atoms with Crippen LogP contribution in [0.3, 0.4) is 0 Å². The molecule has 0 fully saturated rings. The SMILES string of the molecule is CCCCCCC[C@H]1CC(c2ccccc2)=C(c2ccccc2)N1S(=O)(=O)c1ccc(C)cc1. The molecule has 0 aromatic heterocycles. The van der Waals surface area contributed by atoms with Gasteiger partial charge < -0.3 is 0 Å². The lowest BCUT2D eigenvalue weighted by atomic mass is 9.96. The van der Waals surface area contributed by atoms with Crippen LogP contribution in [0.5, 0.6) is 0 Å². The average Bonchev–Trinajstić information content (AvgIpc) is 3.26. The van der Waals surface area contributed by atoms with Crippen molar-refractivity contribution in [3.05, 3.63) is 102 Å². The Bertz CT molecular complexity index is 1200. The van der Waals surface area contributed by atoms with E-state index in [1.807, 2.05) is 67.6 Å². The van der Waals surface area contributed by atoms with Gasteiger partial charge in [0.25, 0.3) is 10.0 Å². The smallest absolute Gasteiger partial charge is 0.262 e. The van der Waals surface area contributed by atoms with E-state index < -0.39 is 10.0 Å². The molecule has 0 aliphatic carbocycles. The van der Waals surface area contributed by atoms with E-state index in [0.717, 1.165) is 53.6 Å². The summed E-state index contributed by atoms with van der Waals surface area (Å²) >= 11 is 0. The first-order valence-corrected chi connectivity index (χ1v) is 13.9. The molecule has 3 aromatic rings. The Morgan fingerprint density at radius 2 is 1.35 bits per heavy atom. The summed E-state index contributed by atoms with van der Waals surface area (Å²) in [6.45, 7) is 4.20. The van der Waals surface area contributed by atoms with Gasteiger partial charge in [-0.2, -0.15) is 0 Å². The monoisotopic (exact) mass is 473 g/mol. The average molecular weight is 474 g/mol. The summed E-state index contributed by atoms with van der Waals surface area (Å²) in [7, 11) is -3.71. The van der Waals surface area contributed by atoms with Gasteiger partial charge in [0.1, 0.15) is 0 Å². The molecule has 1 heterocycles. The Balaban J connectivity index is 1.81. The maximum Gasteiger partial charge on any atom is 0.264 e. The fraction of sp³-hybridized carbons (Fsp3) is 0.333. The zero-order chi connectivity index (χ0) is 24.0. The summed E-state index contributed by atoms with van der Waals surface area (Å²) in [6.07, 6.45) is 7.42. The van der Waals surface area contributed by atoms with Gasteiger partial charge in [-0.25, -0.2) is 8.42 Å². The van der Waals surface area contributed by atoms with Gasteiger partial charge in [-0.3, -0.25) is 4.31 Å². The maximum absolute atomic E-state index is 14.1. The molecule has 0 saturated carbocycles. The van der Waals surface area contributed by atoms with E-state index in [0.29, 0.717) is 4.90 Å². The number of nitrogens with zero attached hydrogens (tertiary/aromatic N) is 1. The Labute approximate surface area is 205 Å².